The van der Waals surface area contributed by atoms with Crippen LogP contribution in [0.5, 0.6) is 0 Å². The first-order chi connectivity index (χ1) is 7.60. The molecule has 0 aromatic heterocycles. The van der Waals surface area contributed by atoms with Crippen molar-refractivity contribution in [3.63, 3.8) is 0 Å². The quantitative estimate of drug-likeness (QED) is 0.653. The second kappa shape index (κ2) is 4.30. The van der Waals surface area contributed by atoms with Crippen molar-refractivity contribution in [3.8, 4) is 0 Å². The minimum atomic E-state index is -3.45. The van der Waals surface area contributed by atoms with Crippen LogP contribution in [0.2, 0.25) is 5.02 Å². The molecule has 0 fully saturated rings. The topological polar surface area (TPSA) is 23.8 Å². The van der Waals surface area contributed by atoms with E-state index in [1.54, 1.807) is 42.5 Å². The van der Waals surface area contributed by atoms with Crippen LogP contribution in [0.1, 0.15) is 0 Å². The molecule has 1 unspecified atom stereocenters. The van der Waals surface area contributed by atoms with E-state index in [1.165, 1.54) is 12.1 Å². The van der Waals surface area contributed by atoms with Crippen LogP contribution < -0.4 is 0 Å². The van der Waals surface area contributed by atoms with Gasteiger partial charge in [-0.15, -0.1) is 3.89 Å². The SMILES string of the molecule is N#S(F)(c1ccccc1)c1cccc(Cl)c1. The molecule has 16 heavy (non-hydrogen) atoms. The van der Waals surface area contributed by atoms with Gasteiger partial charge in [0.2, 0.25) is 0 Å². The Morgan fingerprint density at radius 1 is 0.938 bits per heavy atom. The third-order valence-corrected chi connectivity index (χ3v) is 4.17. The summed E-state index contributed by atoms with van der Waals surface area (Å²) in [7, 11) is -3.45. The van der Waals surface area contributed by atoms with Crippen molar-refractivity contribution >= 4 is 21.6 Å². The minimum absolute atomic E-state index is 0.214. The number of halogens is 2. The highest BCUT2D eigenvalue weighted by Crippen LogP contribution is 2.51. The Labute approximate surface area is 99.7 Å². The summed E-state index contributed by atoms with van der Waals surface area (Å²) < 4.78 is 24.3. The molecule has 0 saturated carbocycles. The highest BCUT2D eigenvalue weighted by atomic mass is 35.5. The Bertz CT molecular complexity index is 600. The van der Waals surface area contributed by atoms with Crippen LogP contribution in [-0.4, -0.2) is 0 Å². The zero-order valence-electron chi connectivity index (χ0n) is 8.31. The normalized spacial score (nSPS) is 14.3. The van der Waals surface area contributed by atoms with Crippen LogP contribution >= 0.6 is 21.6 Å². The fraction of sp³-hybridized carbons (Fsp3) is 0. The van der Waals surface area contributed by atoms with Crippen molar-refractivity contribution < 1.29 is 3.89 Å². The number of benzene rings is 2. The van der Waals surface area contributed by atoms with Crippen LogP contribution in [0.15, 0.2) is 64.4 Å². The Hall–Kier alpha value is -1.28. The molecular weight excluding hydrogens is 245 g/mol. The van der Waals surface area contributed by atoms with Gasteiger partial charge in [-0.2, -0.15) is 4.61 Å². The molecule has 0 radical (unpaired) electrons. The van der Waals surface area contributed by atoms with E-state index in [-0.39, 0.29) is 9.79 Å². The van der Waals surface area contributed by atoms with Crippen molar-refractivity contribution in [1.29, 1.82) is 4.61 Å². The smallest absolute Gasteiger partial charge is 0.138 e. The molecule has 0 aliphatic heterocycles. The molecule has 0 bridgehead atoms. The largest absolute Gasteiger partial charge is 0.188 e. The Balaban J connectivity index is 2.53. The summed E-state index contributed by atoms with van der Waals surface area (Å²) in [5.74, 6) is 0. The first kappa shape index (κ1) is 11.2. The average molecular weight is 254 g/mol. The van der Waals surface area contributed by atoms with Gasteiger partial charge < -0.3 is 0 Å². The fourth-order valence-electron chi connectivity index (χ4n) is 1.37. The summed E-state index contributed by atoms with van der Waals surface area (Å²) in [4.78, 5) is 0.489. The summed E-state index contributed by atoms with van der Waals surface area (Å²) in [5, 5.41) is 0.414. The zero-order valence-corrected chi connectivity index (χ0v) is 9.88. The molecule has 2 rings (SSSR count). The van der Waals surface area contributed by atoms with E-state index in [4.69, 9.17) is 11.6 Å². The van der Waals surface area contributed by atoms with E-state index in [0.717, 1.165) is 0 Å². The molecule has 1 nitrogen and oxygen atoms in total. The fourth-order valence-corrected chi connectivity index (χ4v) is 2.96. The van der Waals surface area contributed by atoms with Crippen LogP contribution in [0, 0.1) is 4.61 Å². The molecule has 4 heteroatoms. The second-order valence-corrected chi connectivity index (χ2v) is 5.67. The lowest BCUT2D eigenvalue weighted by Gasteiger charge is -2.10. The molecule has 82 valence electrons. The summed E-state index contributed by atoms with van der Waals surface area (Å²) in [5.41, 5.74) is 0. The van der Waals surface area contributed by atoms with Gasteiger partial charge in [0.25, 0.3) is 0 Å². The van der Waals surface area contributed by atoms with E-state index in [9.17, 15) is 8.49 Å². The van der Waals surface area contributed by atoms with Gasteiger partial charge >= 0.3 is 0 Å². The summed E-state index contributed by atoms with van der Waals surface area (Å²) in [6.45, 7) is 0. The van der Waals surface area contributed by atoms with Gasteiger partial charge in [0.1, 0.15) is 10.0 Å². The van der Waals surface area contributed by atoms with Gasteiger partial charge in [-0.25, -0.2) is 0 Å². The minimum Gasteiger partial charge on any atom is -0.188 e. The van der Waals surface area contributed by atoms with E-state index >= 15 is 0 Å². The first-order valence-corrected chi connectivity index (χ1v) is 6.53. The molecule has 0 amide bonds. The lowest BCUT2D eigenvalue weighted by molar-refractivity contribution is 0.890. The van der Waals surface area contributed by atoms with Crippen molar-refractivity contribution in [3.05, 3.63) is 59.6 Å². The van der Waals surface area contributed by atoms with Crippen molar-refractivity contribution in [2.24, 2.45) is 0 Å². The van der Waals surface area contributed by atoms with Crippen molar-refractivity contribution in [2.75, 3.05) is 0 Å². The van der Waals surface area contributed by atoms with Crippen molar-refractivity contribution in [1.82, 2.24) is 0 Å². The molecule has 0 heterocycles. The maximum absolute atomic E-state index is 14.3. The molecule has 0 saturated heterocycles. The summed E-state index contributed by atoms with van der Waals surface area (Å²) >= 11 is 5.77. The van der Waals surface area contributed by atoms with Crippen LogP contribution in [0.4, 0.5) is 3.89 Å². The van der Waals surface area contributed by atoms with Gasteiger partial charge in [-0.3, -0.25) is 0 Å². The molecule has 2 aromatic rings. The summed E-state index contributed by atoms with van der Waals surface area (Å²) in [6.07, 6.45) is 0. The van der Waals surface area contributed by atoms with E-state index in [2.05, 4.69) is 0 Å². The molecule has 0 aliphatic rings. The maximum Gasteiger partial charge on any atom is 0.138 e. The molecule has 0 N–H and O–H groups in total. The van der Waals surface area contributed by atoms with Gasteiger partial charge in [0.05, 0.1) is 9.79 Å². The first-order valence-electron chi connectivity index (χ1n) is 4.67. The summed E-state index contributed by atoms with van der Waals surface area (Å²) in [6, 6.07) is 14.5. The van der Waals surface area contributed by atoms with Crippen molar-refractivity contribution in [2.45, 2.75) is 9.79 Å². The van der Waals surface area contributed by atoms with E-state index in [0.29, 0.717) is 5.02 Å². The molecule has 1 atom stereocenters. The predicted octanol–water partition coefficient (Wildman–Crippen LogP) is 4.93. The average Bonchev–Trinajstić information content (AvgIpc) is 2.30. The van der Waals surface area contributed by atoms with Crippen LogP contribution in [0.25, 0.3) is 0 Å². The van der Waals surface area contributed by atoms with Crippen LogP contribution in [-0.2, 0) is 0 Å². The van der Waals surface area contributed by atoms with Gasteiger partial charge in [0, 0.05) is 5.02 Å². The number of rotatable bonds is 0. The molecule has 0 aliphatic carbocycles. The van der Waals surface area contributed by atoms with Gasteiger partial charge in [-0.05, 0) is 30.3 Å². The van der Waals surface area contributed by atoms with Crippen LogP contribution in [0.3, 0.4) is 0 Å². The highest BCUT2D eigenvalue weighted by molar-refractivity contribution is 8.17. The molecular formula is C12H9ClFNS. The number of nitrogens with zero attached hydrogens (tertiary/aromatic N) is 1. The standard InChI is InChI=1S/C12H9ClFNS/c13-10-5-4-8-12(9-10)16(14,15)11-6-2-1-3-7-11/h1-9H. The third-order valence-electron chi connectivity index (χ3n) is 2.16. The van der Waals surface area contributed by atoms with E-state index in [1.807, 2.05) is 0 Å². The highest BCUT2D eigenvalue weighted by Gasteiger charge is 2.18. The second-order valence-electron chi connectivity index (χ2n) is 3.28. The Morgan fingerprint density at radius 3 is 2.19 bits per heavy atom. The number of hydrogen-bond acceptors (Lipinski definition) is 1. The number of hydrogen-bond donors (Lipinski definition) is 0. The lowest BCUT2D eigenvalue weighted by atomic mass is 10.4. The molecule has 2 aromatic carbocycles. The Morgan fingerprint density at radius 2 is 1.56 bits per heavy atom. The maximum atomic E-state index is 14.3. The van der Waals surface area contributed by atoms with E-state index < -0.39 is 10.0 Å². The predicted molar refractivity (Wildman–Crippen MR) is 64.9 cm³/mol. The monoisotopic (exact) mass is 253 g/mol. The van der Waals surface area contributed by atoms with Gasteiger partial charge in [0.15, 0.2) is 0 Å². The Kier molecular flexibility index (Phi) is 3.01. The zero-order chi connectivity index (χ0) is 11.6. The molecule has 0 spiro atoms. The van der Waals surface area contributed by atoms with Gasteiger partial charge in [-0.1, -0.05) is 35.9 Å². The third kappa shape index (κ3) is 2.12. The lowest BCUT2D eigenvalue weighted by Crippen LogP contribution is -1.82.